The Hall–Kier alpha value is -2.08. The molecule has 0 aliphatic heterocycles. The largest absolute Gasteiger partial charge is 0.482 e. The molecule has 1 atom stereocenters. The molecule has 0 heterocycles. The van der Waals surface area contributed by atoms with Crippen LogP contribution in [0, 0.1) is 0 Å². The van der Waals surface area contributed by atoms with E-state index >= 15 is 0 Å². The normalized spacial score (nSPS) is 11.7. The number of carbonyl (C=O) groups excluding carboxylic acids is 1. The Balaban J connectivity index is 2.64. The van der Waals surface area contributed by atoms with Gasteiger partial charge in [0.05, 0.1) is 6.04 Å². The van der Waals surface area contributed by atoms with Crippen LogP contribution in [0.25, 0.3) is 0 Å². The van der Waals surface area contributed by atoms with E-state index in [0.29, 0.717) is 17.9 Å². The second kappa shape index (κ2) is 6.61. The molecule has 0 spiro atoms. The molecule has 98 valence electrons. The standard InChI is InChI=1S/C12H16N2O4/c1-2-10(13)12(17)14-8-4-3-5-9(6-8)18-7-11(15)16/h3-6,10H,2,7,13H2,1H3,(H,14,17)(H,15,16)/t10-/m0/s1. The number of nitrogens with two attached hydrogens (primary N) is 1. The first kappa shape index (κ1) is 14.0. The maximum Gasteiger partial charge on any atom is 0.341 e. The number of carboxylic acids is 1. The van der Waals surface area contributed by atoms with Gasteiger partial charge in [-0.15, -0.1) is 0 Å². The quantitative estimate of drug-likeness (QED) is 0.696. The summed E-state index contributed by atoms with van der Waals surface area (Å²) in [4.78, 5) is 21.9. The zero-order valence-electron chi connectivity index (χ0n) is 10.1. The van der Waals surface area contributed by atoms with Gasteiger partial charge in [-0.2, -0.15) is 0 Å². The van der Waals surface area contributed by atoms with Gasteiger partial charge in [0, 0.05) is 11.8 Å². The van der Waals surface area contributed by atoms with Gasteiger partial charge < -0.3 is 20.9 Å². The Kier molecular flexibility index (Phi) is 5.13. The number of amides is 1. The van der Waals surface area contributed by atoms with E-state index in [-0.39, 0.29) is 5.91 Å². The number of benzene rings is 1. The Labute approximate surface area is 105 Å². The number of anilines is 1. The van der Waals surface area contributed by atoms with Crippen LogP contribution in [0.5, 0.6) is 5.75 Å². The van der Waals surface area contributed by atoms with Gasteiger partial charge in [-0.25, -0.2) is 4.79 Å². The summed E-state index contributed by atoms with van der Waals surface area (Å²) in [5.74, 6) is -0.967. The van der Waals surface area contributed by atoms with E-state index in [0.717, 1.165) is 0 Å². The van der Waals surface area contributed by atoms with Crippen LogP contribution in [-0.4, -0.2) is 29.6 Å². The number of aliphatic carboxylic acids is 1. The molecule has 0 aliphatic carbocycles. The van der Waals surface area contributed by atoms with E-state index in [4.69, 9.17) is 15.6 Å². The molecule has 1 rings (SSSR count). The van der Waals surface area contributed by atoms with Gasteiger partial charge in [0.1, 0.15) is 5.75 Å². The molecule has 1 amide bonds. The lowest BCUT2D eigenvalue weighted by Crippen LogP contribution is -2.34. The first-order chi connectivity index (χ1) is 8.52. The monoisotopic (exact) mass is 252 g/mol. The predicted octanol–water partition coefficient (Wildman–Crippen LogP) is 0.826. The van der Waals surface area contributed by atoms with Gasteiger partial charge in [-0.05, 0) is 18.6 Å². The number of rotatable bonds is 6. The number of carbonyl (C=O) groups is 2. The van der Waals surface area contributed by atoms with Crippen LogP contribution in [0.3, 0.4) is 0 Å². The molecular formula is C12H16N2O4. The first-order valence-electron chi connectivity index (χ1n) is 5.54. The van der Waals surface area contributed by atoms with Crippen molar-refractivity contribution in [2.45, 2.75) is 19.4 Å². The highest BCUT2D eigenvalue weighted by molar-refractivity contribution is 5.94. The molecule has 0 fully saturated rings. The Morgan fingerprint density at radius 3 is 2.83 bits per heavy atom. The van der Waals surface area contributed by atoms with Crippen LogP contribution >= 0.6 is 0 Å². The van der Waals surface area contributed by atoms with Crippen LogP contribution in [0.2, 0.25) is 0 Å². The predicted molar refractivity (Wildman–Crippen MR) is 66.5 cm³/mol. The molecule has 18 heavy (non-hydrogen) atoms. The van der Waals surface area contributed by atoms with Crippen molar-refractivity contribution >= 4 is 17.6 Å². The van der Waals surface area contributed by atoms with E-state index in [1.165, 1.54) is 0 Å². The van der Waals surface area contributed by atoms with Crippen molar-refractivity contribution in [3.8, 4) is 5.75 Å². The fourth-order valence-corrected chi connectivity index (χ4v) is 1.23. The molecule has 0 saturated carbocycles. The molecule has 1 aromatic rings. The van der Waals surface area contributed by atoms with E-state index in [2.05, 4.69) is 5.32 Å². The van der Waals surface area contributed by atoms with Gasteiger partial charge in [0.15, 0.2) is 6.61 Å². The summed E-state index contributed by atoms with van der Waals surface area (Å²) in [6.07, 6.45) is 0.543. The molecule has 6 nitrogen and oxygen atoms in total. The molecule has 0 aromatic heterocycles. The van der Waals surface area contributed by atoms with E-state index in [1.807, 2.05) is 6.92 Å². The average molecular weight is 252 g/mol. The summed E-state index contributed by atoms with van der Waals surface area (Å²) in [6.45, 7) is 1.39. The van der Waals surface area contributed by atoms with Crippen LogP contribution in [0.15, 0.2) is 24.3 Å². The highest BCUT2D eigenvalue weighted by atomic mass is 16.5. The zero-order valence-corrected chi connectivity index (χ0v) is 10.1. The molecule has 0 bridgehead atoms. The fraction of sp³-hybridized carbons (Fsp3) is 0.333. The Morgan fingerprint density at radius 2 is 2.22 bits per heavy atom. The number of hydrogen-bond acceptors (Lipinski definition) is 4. The minimum Gasteiger partial charge on any atom is -0.482 e. The molecule has 1 aromatic carbocycles. The third-order valence-electron chi connectivity index (χ3n) is 2.24. The van der Waals surface area contributed by atoms with Gasteiger partial charge in [-0.1, -0.05) is 13.0 Å². The van der Waals surface area contributed by atoms with E-state index in [9.17, 15) is 9.59 Å². The summed E-state index contributed by atoms with van der Waals surface area (Å²) in [7, 11) is 0. The van der Waals surface area contributed by atoms with Gasteiger partial charge in [-0.3, -0.25) is 4.79 Å². The first-order valence-corrected chi connectivity index (χ1v) is 5.54. The molecule has 0 unspecified atom stereocenters. The zero-order chi connectivity index (χ0) is 13.5. The fourth-order valence-electron chi connectivity index (χ4n) is 1.23. The topological polar surface area (TPSA) is 102 Å². The van der Waals surface area contributed by atoms with Crippen LogP contribution in [0.1, 0.15) is 13.3 Å². The highest BCUT2D eigenvalue weighted by Crippen LogP contribution is 2.17. The Bertz CT molecular complexity index is 434. The third-order valence-corrected chi connectivity index (χ3v) is 2.24. The Morgan fingerprint density at radius 1 is 1.50 bits per heavy atom. The SMILES string of the molecule is CC[C@H](N)C(=O)Nc1cccc(OCC(=O)O)c1. The number of nitrogens with one attached hydrogen (secondary N) is 1. The summed E-state index contributed by atoms with van der Waals surface area (Å²) in [5.41, 5.74) is 6.10. The van der Waals surface area contributed by atoms with Gasteiger partial charge >= 0.3 is 5.97 Å². The van der Waals surface area contributed by atoms with Crippen molar-refractivity contribution in [1.29, 1.82) is 0 Å². The van der Waals surface area contributed by atoms with E-state index in [1.54, 1.807) is 24.3 Å². The minimum atomic E-state index is -1.06. The second-order valence-electron chi connectivity index (χ2n) is 3.71. The maximum absolute atomic E-state index is 11.5. The highest BCUT2D eigenvalue weighted by Gasteiger charge is 2.11. The molecule has 0 radical (unpaired) electrons. The van der Waals surface area contributed by atoms with Crippen molar-refractivity contribution in [3.63, 3.8) is 0 Å². The number of hydrogen-bond donors (Lipinski definition) is 3. The second-order valence-corrected chi connectivity index (χ2v) is 3.71. The van der Waals surface area contributed by atoms with Crippen LogP contribution in [-0.2, 0) is 9.59 Å². The van der Waals surface area contributed by atoms with E-state index < -0.39 is 18.6 Å². The lowest BCUT2D eigenvalue weighted by molar-refractivity contribution is -0.139. The third kappa shape index (κ3) is 4.42. The summed E-state index contributed by atoms with van der Waals surface area (Å²) >= 11 is 0. The van der Waals surface area contributed by atoms with Crippen molar-refractivity contribution in [3.05, 3.63) is 24.3 Å². The van der Waals surface area contributed by atoms with Crippen LogP contribution in [0.4, 0.5) is 5.69 Å². The minimum absolute atomic E-state index is 0.284. The van der Waals surface area contributed by atoms with Gasteiger partial charge in [0.25, 0.3) is 0 Å². The average Bonchev–Trinajstić information content (AvgIpc) is 2.35. The molecule has 6 heteroatoms. The summed E-state index contributed by atoms with van der Waals surface area (Å²) in [5, 5.41) is 11.1. The van der Waals surface area contributed by atoms with Crippen molar-refractivity contribution in [2.75, 3.05) is 11.9 Å². The van der Waals surface area contributed by atoms with Crippen molar-refractivity contribution in [2.24, 2.45) is 5.73 Å². The summed E-state index contributed by atoms with van der Waals surface area (Å²) < 4.78 is 4.99. The molecular weight excluding hydrogens is 236 g/mol. The van der Waals surface area contributed by atoms with Gasteiger partial charge in [0.2, 0.25) is 5.91 Å². The number of ether oxygens (including phenoxy) is 1. The van der Waals surface area contributed by atoms with Crippen LogP contribution < -0.4 is 15.8 Å². The lowest BCUT2D eigenvalue weighted by Gasteiger charge is -2.11. The van der Waals surface area contributed by atoms with Crippen molar-refractivity contribution in [1.82, 2.24) is 0 Å². The number of carboxylic acid groups (broad SMARTS) is 1. The molecule has 4 N–H and O–H groups in total. The lowest BCUT2D eigenvalue weighted by atomic mass is 10.2. The molecule has 0 aliphatic rings. The smallest absolute Gasteiger partial charge is 0.341 e. The molecule has 0 saturated heterocycles. The summed E-state index contributed by atoms with van der Waals surface area (Å²) in [6, 6.07) is 5.92. The van der Waals surface area contributed by atoms with Crippen molar-refractivity contribution < 1.29 is 19.4 Å². The maximum atomic E-state index is 11.5.